The lowest BCUT2D eigenvalue weighted by atomic mass is 9.97. The Balaban J connectivity index is 2.06. The maximum atomic E-state index is 3.60. The molecular formula is C10H21N. The summed E-state index contributed by atoms with van der Waals surface area (Å²) < 4.78 is 0. The fraction of sp³-hybridized carbons (Fsp3) is 1.00. The summed E-state index contributed by atoms with van der Waals surface area (Å²) in [6.45, 7) is 10.3. The molecule has 1 nitrogen and oxygen atoms in total. The summed E-state index contributed by atoms with van der Waals surface area (Å²) in [6, 6.07) is 0.847. The average molecular weight is 155 g/mol. The fourth-order valence-corrected chi connectivity index (χ4v) is 1.39. The smallest absolute Gasteiger partial charge is 0.00992 e. The number of rotatable bonds is 3. The van der Waals surface area contributed by atoms with Crippen LogP contribution >= 0.6 is 0 Å². The van der Waals surface area contributed by atoms with Crippen molar-refractivity contribution in [1.29, 1.82) is 0 Å². The van der Waals surface area contributed by atoms with Crippen molar-refractivity contribution in [2.75, 3.05) is 6.54 Å². The molecule has 1 aliphatic rings. The van der Waals surface area contributed by atoms with Gasteiger partial charge in [-0.15, -0.1) is 0 Å². The highest BCUT2D eigenvalue weighted by molar-refractivity contribution is 4.92. The van der Waals surface area contributed by atoms with Gasteiger partial charge in [-0.3, -0.25) is 0 Å². The Morgan fingerprint density at radius 1 is 1.36 bits per heavy atom. The molecule has 11 heavy (non-hydrogen) atoms. The van der Waals surface area contributed by atoms with Crippen molar-refractivity contribution in [2.24, 2.45) is 11.3 Å². The zero-order valence-corrected chi connectivity index (χ0v) is 8.28. The van der Waals surface area contributed by atoms with E-state index in [-0.39, 0.29) is 0 Å². The monoisotopic (exact) mass is 155 g/mol. The summed E-state index contributed by atoms with van der Waals surface area (Å²) in [7, 11) is 0. The molecule has 1 heteroatoms. The van der Waals surface area contributed by atoms with E-state index in [1.165, 1.54) is 12.8 Å². The zero-order chi connectivity index (χ0) is 8.48. The van der Waals surface area contributed by atoms with Gasteiger partial charge in [0, 0.05) is 12.6 Å². The number of hydrogen-bond donors (Lipinski definition) is 1. The third-order valence-corrected chi connectivity index (χ3v) is 2.34. The third kappa shape index (κ3) is 3.24. The van der Waals surface area contributed by atoms with Crippen molar-refractivity contribution in [3.63, 3.8) is 0 Å². The molecule has 2 atom stereocenters. The summed E-state index contributed by atoms with van der Waals surface area (Å²) in [6.07, 6.45) is 2.76. The van der Waals surface area contributed by atoms with Crippen molar-refractivity contribution < 1.29 is 0 Å². The number of nitrogens with one attached hydrogen (secondary N) is 1. The summed E-state index contributed by atoms with van der Waals surface area (Å²) in [5.41, 5.74) is 0.445. The minimum atomic E-state index is 0.445. The van der Waals surface area contributed by atoms with Crippen LogP contribution in [0.2, 0.25) is 0 Å². The summed E-state index contributed by atoms with van der Waals surface area (Å²) in [5.74, 6) is 0.984. The van der Waals surface area contributed by atoms with Gasteiger partial charge in [-0.25, -0.2) is 0 Å². The average Bonchev–Trinajstić information content (AvgIpc) is 2.60. The molecule has 1 aliphatic carbocycles. The van der Waals surface area contributed by atoms with Gasteiger partial charge in [0.25, 0.3) is 0 Å². The molecule has 1 fully saturated rings. The van der Waals surface area contributed by atoms with Crippen LogP contribution in [-0.2, 0) is 0 Å². The molecule has 0 radical (unpaired) electrons. The van der Waals surface area contributed by atoms with Crippen LogP contribution in [0.1, 0.15) is 40.5 Å². The van der Waals surface area contributed by atoms with E-state index in [0.29, 0.717) is 5.41 Å². The van der Waals surface area contributed by atoms with Gasteiger partial charge in [0.05, 0.1) is 0 Å². The standard InChI is InChI=1S/C10H21N/c1-5-8-6-9(8)11-7-10(2,3)4/h8-9,11H,5-7H2,1-4H3. The van der Waals surface area contributed by atoms with Gasteiger partial charge in [0.2, 0.25) is 0 Å². The molecule has 0 saturated heterocycles. The lowest BCUT2D eigenvalue weighted by Crippen LogP contribution is -2.29. The predicted molar refractivity (Wildman–Crippen MR) is 49.6 cm³/mol. The van der Waals surface area contributed by atoms with Gasteiger partial charge in [0.1, 0.15) is 0 Å². The lowest BCUT2D eigenvalue weighted by Gasteiger charge is -2.18. The van der Waals surface area contributed by atoms with Gasteiger partial charge in [-0.05, 0) is 17.8 Å². The Morgan fingerprint density at radius 2 is 2.00 bits per heavy atom. The number of hydrogen-bond acceptors (Lipinski definition) is 1. The van der Waals surface area contributed by atoms with Crippen molar-refractivity contribution in [3.05, 3.63) is 0 Å². The van der Waals surface area contributed by atoms with Crippen LogP contribution in [0.5, 0.6) is 0 Å². The van der Waals surface area contributed by atoms with Crippen LogP contribution < -0.4 is 5.32 Å². The van der Waals surface area contributed by atoms with E-state index >= 15 is 0 Å². The first-order valence-electron chi connectivity index (χ1n) is 4.76. The van der Waals surface area contributed by atoms with Crippen molar-refractivity contribution in [1.82, 2.24) is 5.32 Å². The summed E-state index contributed by atoms with van der Waals surface area (Å²) in [4.78, 5) is 0. The van der Waals surface area contributed by atoms with Crippen molar-refractivity contribution in [2.45, 2.75) is 46.6 Å². The van der Waals surface area contributed by atoms with Crippen LogP contribution in [0.25, 0.3) is 0 Å². The van der Waals surface area contributed by atoms with E-state index in [4.69, 9.17) is 0 Å². The molecule has 1 rings (SSSR count). The van der Waals surface area contributed by atoms with Gasteiger partial charge < -0.3 is 5.32 Å². The Hall–Kier alpha value is -0.0400. The van der Waals surface area contributed by atoms with E-state index in [9.17, 15) is 0 Å². The molecule has 0 bridgehead atoms. The molecule has 0 heterocycles. The zero-order valence-electron chi connectivity index (χ0n) is 8.28. The molecular weight excluding hydrogens is 134 g/mol. The fourth-order valence-electron chi connectivity index (χ4n) is 1.39. The molecule has 1 N–H and O–H groups in total. The second kappa shape index (κ2) is 3.14. The summed E-state index contributed by atoms with van der Waals surface area (Å²) in [5, 5.41) is 3.60. The van der Waals surface area contributed by atoms with Crippen LogP contribution in [0.4, 0.5) is 0 Å². The van der Waals surface area contributed by atoms with Crippen LogP contribution in [0.15, 0.2) is 0 Å². The van der Waals surface area contributed by atoms with E-state index in [1.807, 2.05) is 0 Å². The first kappa shape index (κ1) is 9.05. The van der Waals surface area contributed by atoms with Gasteiger partial charge >= 0.3 is 0 Å². The van der Waals surface area contributed by atoms with Gasteiger partial charge in [-0.2, -0.15) is 0 Å². The largest absolute Gasteiger partial charge is 0.313 e. The van der Waals surface area contributed by atoms with Crippen LogP contribution in [0, 0.1) is 11.3 Å². The van der Waals surface area contributed by atoms with Crippen LogP contribution in [0.3, 0.4) is 0 Å². The summed E-state index contributed by atoms with van der Waals surface area (Å²) >= 11 is 0. The van der Waals surface area contributed by atoms with Gasteiger partial charge in [0.15, 0.2) is 0 Å². The molecule has 66 valence electrons. The normalized spacial score (nSPS) is 30.5. The highest BCUT2D eigenvalue weighted by Crippen LogP contribution is 2.33. The minimum Gasteiger partial charge on any atom is -0.313 e. The first-order valence-corrected chi connectivity index (χ1v) is 4.76. The predicted octanol–water partition coefficient (Wildman–Crippen LogP) is 2.42. The van der Waals surface area contributed by atoms with Crippen LogP contribution in [-0.4, -0.2) is 12.6 Å². The maximum absolute atomic E-state index is 3.60. The van der Waals surface area contributed by atoms with E-state index in [0.717, 1.165) is 18.5 Å². The molecule has 0 amide bonds. The van der Waals surface area contributed by atoms with E-state index in [1.54, 1.807) is 0 Å². The van der Waals surface area contributed by atoms with Crippen molar-refractivity contribution in [3.8, 4) is 0 Å². The Morgan fingerprint density at radius 3 is 2.36 bits per heavy atom. The maximum Gasteiger partial charge on any atom is 0.00992 e. The molecule has 0 aromatic carbocycles. The first-order chi connectivity index (χ1) is 5.03. The molecule has 0 aromatic heterocycles. The van der Waals surface area contributed by atoms with Gasteiger partial charge in [-0.1, -0.05) is 34.1 Å². The Kier molecular flexibility index (Phi) is 2.58. The molecule has 1 saturated carbocycles. The quantitative estimate of drug-likeness (QED) is 0.660. The Bertz CT molecular complexity index is 123. The molecule has 0 spiro atoms. The highest BCUT2D eigenvalue weighted by Gasteiger charge is 2.35. The van der Waals surface area contributed by atoms with Crippen molar-refractivity contribution >= 4 is 0 Å². The second-order valence-corrected chi connectivity index (χ2v) is 4.95. The van der Waals surface area contributed by atoms with E-state index < -0.39 is 0 Å². The third-order valence-electron chi connectivity index (χ3n) is 2.34. The Labute approximate surface area is 70.6 Å². The molecule has 0 aromatic rings. The SMILES string of the molecule is CCC1CC1NCC(C)(C)C. The topological polar surface area (TPSA) is 12.0 Å². The lowest BCUT2D eigenvalue weighted by molar-refractivity contribution is 0.373. The highest BCUT2D eigenvalue weighted by atomic mass is 15.0. The molecule has 0 aliphatic heterocycles. The minimum absolute atomic E-state index is 0.445. The second-order valence-electron chi connectivity index (χ2n) is 4.95. The molecule has 2 unspecified atom stereocenters. The van der Waals surface area contributed by atoms with E-state index in [2.05, 4.69) is 33.0 Å².